The van der Waals surface area contributed by atoms with Crippen LogP contribution in [0.2, 0.25) is 0 Å². The van der Waals surface area contributed by atoms with E-state index in [1.54, 1.807) is 6.92 Å². The molecule has 4 rings (SSSR count). The van der Waals surface area contributed by atoms with E-state index >= 15 is 0 Å². The van der Waals surface area contributed by atoms with E-state index in [0.717, 1.165) is 4.57 Å². The second kappa shape index (κ2) is 4.13. The van der Waals surface area contributed by atoms with Gasteiger partial charge in [0.1, 0.15) is 31.0 Å². The van der Waals surface area contributed by atoms with Crippen LogP contribution in [-0.2, 0) is 30.3 Å². The number of nitrogens with zero attached hydrogens (tertiary/aromatic N) is 1. The number of hydrogen-bond donors (Lipinski definition) is 3. The lowest BCUT2D eigenvalue weighted by Crippen LogP contribution is -2.30. The Balaban J connectivity index is 1.76. The van der Waals surface area contributed by atoms with Crippen molar-refractivity contribution in [2.45, 2.75) is 43.9 Å². The zero-order valence-electron chi connectivity index (χ0n) is 11.8. The molecule has 1 aromatic heterocycles. The monoisotopic (exact) mass is 313 g/mol. The van der Waals surface area contributed by atoms with E-state index < -0.39 is 42.9 Å². The molecule has 0 aliphatic carbocycles. The lowest BCUT2D eigenvalue weighted by Gasteiger charge is -2.23. The van der Waals surface area contributed by atoms with E-state index in [1.165, 1.54) is 7.11 Å². The van der Waals surface area contributed by atoms with Gasteiger partial charge in [-0.05, 0) is 0 Å². The second-order valence-electron chi connectivity index (χ2n) is 5.66. The van der Waals surface area contributed by atoms with Crippen molar-refractivity contribution in [3.63, 3.8) is 0 Å². The van der Waals surface area contributed by atoms with Crippen LogP contribution in [0.15, 0.2) is 0 Å². The van der Waals surface area contributed by atoms with Gasteiger partial charge < -0.3 is 34.3 Å². The first-order valence-electron chi connectivity index (χ1n) is 6.78. The quantitative estimate of drug-likeness (QED) is 0.724. The Morgan fingerprint density at radius 1 is 1.23 bits per heavy atom. The van der Waals surface area contributed by atoms with Crippen LogP contribution in [-0.4, -0.2) is 51.1 Å². The zero-order valence-corrected chi connectivity index (χ0v) is 11.8. The van der Waals surface area contributed by atoms with Gasteiger partial charge in [-0.25, -0.2) is 0 Å². The molecule has 4 atom stereocenters. The highest BCUT2D eigenvalue weighted by molar-refractivity contribution is 5.68. The number of aromatic hydroxyl groups is 2. The Morgan fingerprint density at radius 3 is 2.14 bits per heavy atom. The Labute approximate surface area is 124 Å². The molecule has 22 heavy (non-hydrogen) atoms. The minimum Gasteiger partial charge on any atom is -0.494 e. The fourth-order valence-electron chi connectivity index (χ4n) is 3.48. The van der Waals surface area contributed by atoms with Crippen molar-refractivity contribution in [2.24, 2.45) is 0 Å². The number of fused-ring (bicyclic) bond motifs is 8. The molecule has 0 aromatic carbocycles. The smallest absolute Gasteiger partial charge is 0.323 e. The molecular weight excluding hydrogens is 298 g/mol. The molecule has 0 saturated carbocycles. The summed E-state index contributed by atoms with van der Waals surface area (Å²) in [7, 11) is 1.45. The Hall–Kier alpha value is -1.81. The molecule has 3 aliphatic heterocycles. The molecule has 2 bridgehead atoms. The fraction of sp³-hybridized carbons (Fsp3) is 0.615. The molecule has 3 N–H and O–H groups in total. The van der Waals surface area contributed by atoms with E-state index in [4.69, 9.17) is 24.1 Å². The van der Waals surface area contributed by atoms with Crippen LogP contribution >= 0.6 is 0 Å². The third kappa shape index (κ3) is 1.53. The van der Waals surface area contributed by atoms with Crippen LogP contribution in [0.3, 0.4) is 0 Å². The lowest BCUT2D eigenvalue weighted by atomic mass is 9.90. The fourth-order valence-corrected chi connectivity index (χ4v) is 3.48. The number of hydrogen-bond acceptors (Lipinski definition) is 7. The highest BCUT2D eigenvalue weighted by atomic mass is 16.9. The number of aliphatic carboxylic acids is 1. The Bertz CT molecular complexity index is 626. The van der Waals surface area contributed by atoms with Gasteiger partial charge in [0.15, 0.2) is 0 Å². The van der Waals surface area contributed by atoms with Crippen LogP contribution in [0, 0.1) is 0 Å². The summed E-state index contributed by atoms with van der Waals surface area (Å²) >= 11 is 0. The molecule has 2 saturated heterocycles. The van der Waals surface area contributed by atoms with Gasteiger partial charge in [-0.15, -0.1) is 0 Å². The molecule has 9 heteroatoms. The predicted molar refractivity (Wildman–Crippen MR) is 67.1 cm³/mol. The van der Waals surface area contributed by atoms with Crippen molar-refractivity contribution in [3.05, 3.63) is 11.1 Å². The number of carbonyl (C=O) groups is 1. The highest BCUT2D eigenvalue weighted by Gasteiger charge is 2.64. The molecule has 0 radical (unpaired) electrons. The van der Waals surface area contributed by atoms with Gasteiger partial charge in [-0.2, -0.15) is 0 Å². The molecule has 1 aromatic rings. The van der Waals surface area contributed by atoms with E-state index in [9.17, 15) is 15.0 Å². The summed E-state index contributed by atoms with van der Waals surface area (Å²) in [5.41, 5.74) is 0.711. The molecule has 0 unspecified atom stereocenters. The summed E-state index contributed by atoms with van der Waals surface area (Å²) in [6.45, 7) is 1.08. The molecule has 2 fully saturated rings. The zero-order chi connectivity index (χ0) is 15.8. The van der Waals surface area contributed by atoms with Crippen molar-refractivity contribution >= 4 is 5.97 Å². The third-order valence-electron chi connectivity index (χ3n) is 4.43. The third-order valence-corrected chi connectivity index (χ3v) is 4.43. The van der Waals surface area contributed by atoms with Crippen LogP contribution in [0.4, 0.5) is 0 Å². The van der Waals surface area contributed by atoms with Crippen molar-refractivity contribution in [1.82, 2.24) is 4.57 Å². The van der Waals surface area contributed by atoms with Crippen LogP contribution in [0.25, 0.3) is 0 Å². The first kappa shape index (κ1) is 13.8. The van der Waals surface area contributed by atoms with Gasteiger partial charge in [-0.1, -0.05) is 0 Å². The number of ether oxygens (including phenoxy) is 4. The maximum atomic E-state index is 10.9. The molecule has 0 spiro atoms. The van der Waals surface area contributed by atoms with Gasteiger partial charge in [0.25, 0.3) is 5.97 Å². The number of carboxylic acids is 1. The van der Waals surface area contributed by atoms with Crippen molar-refractivity contribution in [3.8, 4) is 11.8 Å². The van der Waals surface area contributed by atoms with Gasteiger partial charge in [0.2, 0.25) is 11.8 Å². The van der Waals surface area contributed by atoms with Crippen molar-refractivity contribution < 1.29 is 39.1 Å². The number of methoxy groups -OCH3 is 1. The van der Waals surface area contributed by atoms with Crippen LogP contribution in [0.1, 0.15) is 30.3 Å². The predicted octanol–water partition coefficient (Wildman–Crippen LogP) is 0.214. The maximum Gasteiger partial charge on any atom is 0.323 e. The summed E-state index contributed by atoms with van der Waals surface area (Å²) in [5.74, 6) is -3.03. The molecule has 4 heterocycles. The maximum absolute atomic E-state index is 10.9. The highest BCUT2D eigenvalue weighted by Crippen LogP contribution is 2.62. The minimum atomic E-state index is -1.21. The van der Waals surface area contributed by atoms with Crippen LogP contribution in [0.5, 0.6) is 11.8 Å². The summed E-state index contributed by atoms with van der Waals surface area (Å²) in [4.78, 5) is 10.9. The van der Waals surface area contributed by atoms with Gasteiger partial charge in [0.05, 0.1) is 11.1 Å². The molecular formula is C13H15NO8. The number of carboxylic acid groups (broad SMARTS) is 1. The van der Waals surface area contributed by atoms with Crippen LogP contribution < -0.4 is 0 Å². The first-order chi connectivity index (χ1) is 10.4. The molecule has 120 valence electrons. The van der Waals surface area contributed by atoms with E-state index in [-0.39, 0.29) is 11.8 Å². The molecule has 3 aliphatic rings. The SMILES string of the molecule is COC1(C)O[C@H]2[C@H](O1)[C@@H]1O[C@@H]2c2c1c(O)n(CC(=O)O)c2O. The van der Waals surface area contributed by atoms with Gasteiger partial charge in [0, 0.05) is 14.0 Å². The van der Waals surface area contributed by atoms with E-state index in [1.807, 2.05) is 0 Å². The average Bonchev–Trinajstić information content (AvgIpc) is 3.14. The Morgan fingerprint density at radius 2 is 1.73 bits per heavy atom. The minimum absolute atomic E-state index is 0.324. The topological polar surface area (TPSA) is 120 Å². The molecule has 9 nitrogen and oxygen atoms in total. The first-order valence-corrected chi connectivity index (χ1v) is 6.78. The standard InChI is InChI=1S/C13H15NO8/c1-13(19-2)21-9-7-5-6(8(20-7)10(9)22-13)12(18)14(11(5)17)3-4(15)16/h7-10,17-18H,3H2,1-2H3,(H,15,16)/t7-,8-,9-,10-/m1/s1. The largest absolute Gasteiger partial charge is 0.494 e. The van der Waals surface area contributed by atoms with Gasteiger partial charge >= 0.3 is 5.97 Å². The summed E-state index contributed by atoms with van der Waals surface area (Å²) in [6.07, 6.45) is -2.26. The second-order valence-corrected chi connectivity index (χ2v) is 5.66. The van der Waals surface area contributed by atoms with E-state index in [2.05, 4.69) is 0 Å². The summed E-state index contributed by atoms with van der Waals surface area (Å²) in [5, 5.41) is 29.4. The van der Waals surface area contributed by atoms with Gasteiger partial charge in [-0.3, -0.25) is 9.36 Å². The summed E-state index contributed by atoms with van der Waals surface area (Å²) in [6, 6.07) is 0. The number of aromatic nitrogens is 1. The molecule has 0 amide bonds. The summed E-state index contributed by atoms with van der Waals surface area (Å²) < 4.78 is 23.2. The van der Waals surface area contributed by atoms with E-state index in [0.29, 0.717) is 11.1 Å². The lowest BCUT2D eigenvalue weighted by molar-refractivity contribution is -0.331. The Kier molecular flexibility index (Phi) is 2.60. The number of rotatable bonds is 3. The van der Waals surface area contributed by atoms with Crippen molar-refractivity contribution in [1.29, 1.82) is 0 Å². The van der Waals surface area contributed by atoms with Crippen molar-refractivity contribution in [2.75, 3.05) is 7.11 Å². The normalized spacial score (nSPS) is 33.9. The average molecular weight is 313 g/mol.